The Balaban J connectivity index is 1.33. The summed E-state index contributed by atoms with van der Waals surface area (Å²) in [5.41, 5.74) is 2.87. The van der Waals surface area contributed by atoms with E-state index in [1.54, 1.807) is 22.8 Å². The van der Waals surface area contributed by atoms with Crippen molar-refractivity contribution in [3.8, 4) is 0 Å². The first-order valence-corrected chi connectivity index (χ1v) is 9.73. The molecule has 3 aromatic rings. The van der Waals surface area contributed by atoms with Crippen LogP contribution in [-0.2, 0) is 18.3 Å². The number of amides is 1. The maximum absolute atomic E-state index is 12.6. The number of aliphatic imine (C=N–C) groups is 1. The number of hydrogen-bond donors (Lipinski definition) is 1. The Morgan fingerprint density at radius 3 is 2.83 bits per heavy atom. The highest BCUT2D eigenvalue weighted by molar-refractivity contribution is 5.98. The number of anilines is 1. The lowest BCUT2D eigenvalue weighted by Gasteiger charge is -2.35. The van der Waals surface area contributed by atoms with Crippen LogP contribution in [0.5, 0.6) is 0 Å². The van der Waals surface area contributed by atoms with Crippen LogP contribution >= 0.6 is 0 Å². The molecule has 8 heteroatoms. The van der Waals surface area contributed by atoms with Crippen LogP contribution in [0, 0.1) is 0 Å². The van der Waals surface area contributed by atoms with Gasteiger partial charge in [-0.2, -0.15) is 5.10 Å². The lowest BCUT2D eigenvalue weighted by Crippen LogP contribution is -2.55. The predicted octanol–water partition coefficient (Wildman–Crippen LogP) is 1.43. The van der Waals surface area contributed by atoms with Gasteiger partial charge in [0.2, 0.25) is 5.91 Å². The van der Waals surface area contributed by atoms with E-state index < -0.39 is 0 Å². The Morgan fingerprint density at radius 1 is 1.21 bits per heavy atom. The van der Waals surface area contributed by atoms with Crippen molar-refractivity contribution in [2.75, 3.05) is 38.1 Å². The molecular weight excluding hydrogens is 366 g/mol. The zero-order valence-corrected chi connectivity index (χ0v) is 16.7. The summed E-state index contributed by atoms with van der Waals surface area (Å²) in [7, 11) is 3.59. The molecule has 0 aliphatic carbocycles. The quantitative estimate of drug-likeness (QED) is 0.538. The highest BCUT2D eigenvalue weighted by Gasteiger charge is 2.27. The predicted molar refractivity (Wildman–Crippen MR) is 114 cm³/mol. The van der Waals surface area contributed by atoms with E-state index in [1.807, 2.05) is 36.3 Å². The number of guanidine groups is 1. The van der Waals surface area contributed by atoms with Crippen molar-refractivity contribution in [3.05, 3.63) is 54.5 Å². The molecular formula is C21H25N7O. The summed E-state index contributed by atoms with van der Waals surface area (Å²) in [5, 5.41) is 8.66. The first-order chi connectivity index (χ1) is 14.1. The fraction of sp³-hybridized carbons (Fsp3) is 0.333. The molecule has 1 aliphatic rings. The van der Waals surface area contributed by atoms with Crippen molar-refractivity contribution in [2.45, 2.75) is 6.42 Å². The van der Waals surface area contributed by atoms with Crippen molar-refractivity contribution in [3.63, 3.8) is 0 Å². The average molecular weight is 391 g/mol. The third kappa shape index (κ3) is 4.21. The molecule has 4 rings (SSSR count). The average Bonchev–Trinajstić information content (AvgIpc) is 3.17. The van der Waals surface area contributed by atoms with Crippen LogP contribution in [0.1, 0.15) is 5.69 Å². The normalized spacial score (nSPS) is 15.2. The summed E-state index contributed by atoms with van der Waals surface area (Å²) < 4.78 is 1.70. The Hall–Kier alpha value is -3.42. The second kappa shape index (κ2) is 8.30. The molecule has 150 valence electrons. The fourth-order valence-corrected chi connectivity index (χ4v) is 3.56. The standard InChI is InChI=1S/C21H25N7O/c1-22-21(23-10-9-17-8-7-16-5-3-4-6-19(16)25-17)27-11-12-28(20(29)15-27)18-13-24-26(2)14-18/h3-8,13-14H,9-12,15H2,1-2H3,(H,22,23). The summed E-state index contributed by atoms with van der Waals surface area (Å²) in [6.45, 7) is 2.32. The largest absolute Gasteiger partial charge is 0.356 e. The van der Waals surface area contributed by atoms with Gasteiger partial charge in [0.15, 0.2) is 5.96 Å². The molecule has 1 N–H and O–H groups in total. The van der Waals surface area contributed by atoms with Gasteiger partial charge < -0.3 is 15.1 Å². The van der Waals surface area contributed by atoms with Gasteiger partial charge in [0.1, 0.15) is 6.54 Å². The van der Waals surface area contributed by atoms with Crippen molar-refractivity contribution in [2.24, 2.45) is 12.0 Å². The summed E-state index contributed by atoms with van der Waals surface area (Å²) in [6, 6.07) is 12.3. The molecule has 1 aliphatic heterocycles. The second-order valence-corrected chi connectivity index (χ2v) is 7.06. The molecule has 1 aromatic carbocycles. The van der Waals surface area contributed by atoms with E-state index in [1.165, 1.54) is 0 Å². The van der Waals surface area contributed by atoms with Gasteiger partial charge in [-0.25, -0.2) is 0 Å². The molecule has 2 aromatic heterocycles. The van der Waals surface area contributed by atoms with E-state index in [0.717, 1.165) is 34.7 Å². The third-order valence-electron chi connectivity index (χ3n) is 5.06. The van der Waals surface area contributed by atoms with Gasteiger partial charge in [-0.05, 0) is 12.1 Å². The number of aryl methyl sites for hydroxylation is 1. The van der Waals surface area contributed by atoms with E-state index in [0.29, 0.717) is 26.2 Å². The number of para-hydroxylation sites is 1. The molecule has 0 radical (unpaired) electrons. The first kappa shape index (κ1) is 18.9. The van der Waals surface area contributed by atoms with E-state index in [-0.39, 0.29) is 5.91 Å². The van der Waals surface area contributed by atoms with Crippen LogP contribution in [0.2, 0.25) is 0 Å². The minimum atomic E-state index is 0.0448. The summed E-state index contributed by atoms with van der Waals surface area (Å²) in [5.74, 6) is 0.786. The lowest BCUT2D eigenvalue weighted by atomic mass is 10.2. The van der Waals surface area contributed by atoms with Crippen LogP contribution in [0.4, 0.5) is 5.69 Å². The fourth-order valence-electron chi connectivity index (χ4n) is 3.56. The van der Waals surface area contributed by atoms with Crippen molar-refractivity contribution < 1.29 is 4.79 Å². The number of aromatic nitrogens is 3. The highest BCUT2D eigenvalue weighted by atomic mass is 16.2. The smallest absolute Gasteiger partial charge is 0.246 e. The zero-order valence-electron chi connectivity index (χ0n) is 16.7. The number of rotatable bonds is 4. The molecule has 8 nitrogen and oxygen atoms in total. The van der Waals surface area contributed by atoms with Crippen LogP contribution in [-0.4, -0.2) is 64.8 Å². The lowest BCUT2D eigenvalue weighted by molar-refractivity contribution is -0.120. The number of fused-ring (bicyclic) bond motifs is 1. The molecule has 3 heterocycles. The molecule has 0 unspecified atom stereocenters. The number of carbonyl (C=O) groups is 1. The van der Waals surface area contributed by atoms with E-state index >= 15 is 0 Å². The topological polar surface area (TPSA) is 78.7 Å². The van der Waals surface area contributed by atoms with E-state index in [2.05, 4.69) is 33.6 Å². The Bertz CT molecular complexity index is 1040. The maximum Gasteiger partial charge on any atom is 0.246 e. The number of nitrogens with zero attached hydrogens (tertiary/aromatic N) is 6. The number of benzene rings is 1. The molecule has 1 amide bonds. The summed E-state index contributed by atoms with van der Waals surface area (Å²) >= 11 is 0. The van der Waals surface area contributed by atoms with E-state index in [9.17, 15) is 4.79 Å². The van der Waals surface area contributed by atoms with Gasteiger partial charge in [0, 0.05) is 57.4 Å². The van der Waals surface area contributed by atoms with Gasteiger partial charge in [0.25, 0.3) is 0 Å². The number of carbonyl (C=O) groups excluding carboxylic acids is 1. The minimum absolute atomic E-state index is 0.0448. The summed E-state index contributed by atoms with van der Waals surface area (Å²) in [6.07, 6.45) is 4.36. The van der Waals surface area contributed by atoms with Crippen LogP contribution in [0.3, 0.4) is 0 Å². The molecule has 0 bridgehead atoms. The van der Waals surface area contributed by atoms with Crippen LogP contribution in [0.25, 0.3) is 10.9 Å². The Kier molecular flexibility index (Phi) is 5.41. The van der Waals surface area contributed by atoms with Crippen molar-refractivity contribution in [1.29, 1.82) is 0 Å². The molecule has 29 heavy (non-hydrogen) atoms. The zero-order chi connectivity index (χ0) is 20.2. The number of pyridine rings is 1. The minimum Gasteiger partial charge on any atom is -0.356 e. The van der Waals surface area contributed by atoms with Crippen molar-refractivity contribution in [1.82, 2.24) is 25.0 Å². The highest BCUT2D eigenvalue weighted by Crippen LogP contribution is 2.16. The Morgan fingerprint density at radius 2 is 2.07 bits per heavy atom. The number of nitrogens with one attached hydrogen (secondary N) is 1. The molecule has 0 saturated carbocycles. The number of piperazine rings is 1. The monoisotopic (exact) mass is 391 g/mol. The van der Waals surface area contributed by atoms with Gasteiger partial charge in [0.05, 0.1) is 17.4 Å². The SMILES string of the molecule is CN=C(NCCc1ccc2ccccc2n1)N1CCN(c2cnn(C)c2)C(=O)C1. The van der Waals surface area contributed by atoms with E-state index in [4.69, 9.17) is 4.98 Å². The van der Waals surface area contributed by atoms with Gasteiger partial charge in [-0.3, -0.25) is 19.5 Å². The number of hydrogen-bond acceptors (Lipinski definition) is 4. The molecule has 0 spiro atoms. The van der Waals surface area contributed by atoms with Crippen LogP contribution in [0.15, 0.2) is 53.8 Å². The first-order valence-electron chi connectivity index (χ1n) is 9.73. The summed E-state index contributed by atoms with van der Waals surface area (Å²) in [4.78, 5) is 25.4. The van der Waals surface area contributed by atoms with Gasteiger partial charge in [-0.1, -0.05) is 24.3 Å². The molecule has 1 fully saturated rings. The third-order valence-corrected chi connectivity index (χ3v) is 5.06. The van der Waals surface area contributed by atoms with Crippen molar-refractivity contribution >= 4 is 28.5 Å². The van der Waals surface area contributed by atoms with Gasteiger partial charge >= 0.3 is 0 Å². The maximum atomic E-state index is 12.6. The van der Waals surface area contributed by atoms with Gasteiger partial charge in [-0.15, -0.1) is 0 Å². The molecule has 1 saturated heterocycles. The Labute approximate surface area is 169 Å². The second-order valence-electron chi connectivity index (χ2n) is 7.06. The molecule has 0 atom stereocenters. The van der Waals surface area contributed by atoms with Crippen LogP contribution < -0.4 is 10.2 Å².